The normalized spacial score (nSPS) is 24.4. The largest absolute Gasteiger partial charge is 0.438 e. The first-order valence-electron chi connectivity index (χ1n) is 25.5. The standard InChI is InChI=1S/C54H61FN10O7S/c1-32-25-41(26-33(2)46(32)55)65-47(61-22-21-60(51(61)68)39-10-12-40(13-11-39)62-18-8-24-73(62,69)70)45-35(4)63(53(31-42(45)57-65)16-19-59(7)20-17-53)48(66)44-28-38-27-36(37-15-23-71-52(5,6)30-37)9-14-43(38)64(44)54(29-34(54)3)49-56-50(67)72-58-49/h9-14,21-22,25-28,34-35,37H,8,15-20,23-24,29-31H2,1-7H3,(H,56,58,67)/t34-,35-,37-,54-/m0/s1. The number of H-pyrrole nitrogens is 1. The molecule has 1 saturated carbocycles. The van der Waals surface area contributed by atoms with Crippen molar-refractivity contribution in [1.82, 2.24) is 43.4 Å². The van der Waals surface area contributed by atoms with E-state index in [1.54, 1.807) is 71.9 Å². The van der Waals surface area contributed by atoms with Gasteiger partial charge in [0.1, 0.15) is 22.9 Å². The number of nitrogens with zero attached hydrogens (tertiary/aromatic N) is 9. The number of anilines is 1. The molecule has 4 fully saturated rings. The van der Waals surface area contributed by atoms with Crippen LogP contribution in [0.2, 0.25) is 0 Å². The zero-order chi connectivity index (χ0) is 51.1. The lowest BCUT2D eigenvalue weighted by molar-refractivity contribution is -0.0592. The molecule has 73 heavy (non-hydrogen) atoms. The summed E-state index contributed by atoms with van der Waals surface area (Å²) < 4.78 is 60.5. The molecule has 1 aliphatic carbocycles. The predicted octanol–water partition coefficient (Wildman–Crippen LogP) is 7.42. The van der Waals surface area contributed by atoms with Crippen molar-refractivity contribution < 1.29 is 26.9 Å². The summed E-state index contributed by atoms with van der Waals surface area (Å²) in [5, 5.41) is 10.5. The van der Waals surface area contributed by atoms with Crippen molar-refractivity contribution in [2.75, 3.05) is 43.3 Å². The Labute approximate surface area is 422 Å². The van der Waals surface area contributed by atoms with Crippen LogP contribution in [0.15, 0.2) is 87.2 Å². The van der Waals surface area contributed by atoms with Crippen molar-refractivity contribution in [3.8, 4) is 17.2 Å². The highest BCUT2D eigenvalue weighted by Crippen LogP contribution is 2.57. The number of hydrogen-bond donors (Lipinski definition) is 1. The van der Waals surface area contributed by atoms with Crippen molar-refractivity contribution in [2.45, 2.75) is 115 Å². The number of aromatic nitrogens is 7. The van der Waals surface area contributed by atoms with Crippen LogP contribution in [0.4, 0.5) is 10.1 Å². The second-order valence-electron chi connectivity index (χ2n) is 22.1. The molecule has 19 heteroatoms. The summed E-state index contributed by atoms with van der Waals surface area (Å²) in [4.78, 5) is 51.4. The number of likely N-dealkylation sites (tertiary alicyclic amines) is 1. The van der Waals surface area contributed by atoms with Gasteiger partial charge in [-0.1, -0.05) is 18.1 Å². The van der Waals surface area contributed by atoms with Crippen LogP contribution in [0.25, 0.3) is 28.1 Å². The van der Waals surface area contributed by atoms with Crippen LogP contribution in [-0.4, -0.2) is 108 Å². The molecular formula is C54H61FN10O7S. The molecule has 4 atom stereocenters. The van der Waals surface area contributed by atoms with E-state index in [1.807, 2.05) is 17.9 Å². The van der Waals surface area contributed by atoms with Crippen LogP contribution in [-0.2, 0) is 26.7 Å². The van der Waals surface area contributed by atoms with Crippen molar-refractivity contribution in [3.05, 3.63) is 139 Å². The van der Waals surface area contributed by atoms with E-state index in [2.05, 4.69) is 65.6 Å². The maximum absolute atomic E-state index is 16.5. The zero-order valence-electron chi connectivity index (χ0n) is 42.3. The maximum Gasteiger partial charge on any atom is 0.438 e. The maximum atomic E-state index is 16.5. The third kappa shape index (κ3) is 7.49. The smallest absolute Gasteiger partial charge is 0.376 e. The van der Waals surface area contributed by atoms with Crippen LogP contribution < -0.4 is 15.8 Å². The van der Waals surface area contributed by atoms with Gasteiger partial charge in [-0.25, -0.2) is 27.1 Å². The van der Waals surface area contributed by atoms with E-state index < -0.39 is 38.6 Å². The van der Waals surface area contributed by atoms with Gasteiger partial charge in [0, 0.05) is 61.5 Å². The SMILES string of the molecule is Cc1cc(-n2nc3c(c2-n2ccn(-c4ccc(N5CCCS5(=O)=O)cc4)c2=O)[C@H](C)N(C(=O)c2cc4cc([C@H]5CCOC(C)(C)C5)ccc4n2[C@@]2(c4noc(=O)[nH]4)C[C@@H]2C)C2(CCN(C)CC2)C3)cc(C)c1F. The number of hydrogen-bond acceptors (Lipinski definition) is 10. The highest BCUT2D eigenvalue weighted by atomic mass is 32.2. The summed E-state index contributed by atoms with van der Waals surface area (Å²) in [7, 11) is -1.32. The number of sulfonamides is 1. The molecule has 5 aliphatic rings. The average Bonchev–Trinajstić information content (AvgIpc) is 3.99. The summed E-state index contributed by atoms with van der Waals surface area (Å²) in [6.07, 6.45) is 7.94. The molecule has 382 valence electrons. The van der Waals surface area contributed by atoms with Crippen LogP contribution in [0.1, 0.15) is 122 Å². The summed E-state index contributed by atoms with van der Waals surface area (Å²) in [5.74, 6) is -0.0727. The molecule has 12 rings (SSSR count). The Balaban J connectivity index is 1.04. The van der Waals surface area contributed by atoms with Gasteiger partial charge in [-0.2, -0.15) is 5.10 Å². The molecule has 1 amide bonds. The van der Waals surface area contributed by atoms with Gasteiger partial charge in [-0.15, -0.1) is 0 Å². The number of halogens is 1. The highest BCUT2D eigenvalue weighted by Gasteiger charge is 2.60. The van der Waals surface area contributed by atoms with Crippen LogP contribution in [0.5, 0.6) is 0 Å². The number of imidazole rings is 1. The zero-order valence-corrected chi connectivity index (χ0v) is 43.1. The fourth-order valence-corrected chi connectivity index (χ4v) is 14.6. The van der Waals surface area contributed by atoms with Gasteiger partial charge >= 0.3 is 11.4 Å². The Morgan fingerprint density at radius 2 is 1.59 bits per heavy atom. The molecule has 3 saturated heterocycles. The van der Waals surface area contributed by atoms with Gasteiger partial charge in [0.15, 0.2) is 5.82 Å². The lowest BCUT2D eigenvalue weighted by atomic mass is 9.75. The van der Waals surface area contributed by atoms with E-state index in [4.69, 9.17) is 14.4 Å². The van der Waals surface area contributed by atoms with Gasteiger partial charge < -0.3 is 19.1 Å². The first kappa shape index (κ1) is 47.4. The highest BCUT2D eigenvalue weighted by molar-refractivity contribution is 7.93. The third-order valence-corrected chi connectivity index (χ3v) is 18.7. The van der Waals surface area contributed by atoms with Crippen LogP contribution in [0.3, 0.4) is 0 Å². The number of fused-ring (bicyclic) bond motifs is 2. The molecular weight excluding hydrogens is 952 g/mol. The molecule has 0 unspecified atom stereocenters. The first-order valence-corrected chi connectivity index (χ1v) is 27.1. The Morgan fingerprint density at radius 3 is 2.23 bits per heavy atom. The fourth-order valence-electron chi connectivity index (χ4n) is 13.0. The van der Waals surface area contributed by atoms with Gasteiger partial charge in [0.05, 0.1) is 45.7 Å². The molecule has 1 spiro atoms. The number of aryl methyl sites for hydroxylation is 2. The second-order valence-corrected chi connectivity index (χ2v) is 24.1. The first-order chi connectivity index (χ1) is 34.8. The third-order valence-electron chi connectivity index (χ3n) is 16.8. The molecule has 3 aromatic carbocycles. The number of benzene rings is 3. The molecule has 8 heterocycles. The van der Waals surface area contributed by atoms with E-state index in [9.17, 15) is 13.2 Å². The van der Waals surface area contributed by atoms with Gasteiger partial charge in [0.2, 0.25) is 10.0 Å². The Morgan fingerprint density at radius 1 is 0.890 bits per heavy atom. The monoisotopic (exact) mass is 1010 g/mol. The Hall–Kier alpha value is -6.57. The van der Waals surface area contributed by atoms with E-state index >= 15 is 14.0 Å². The molecule has 0 bridgehead atoms. The lowest BCUT2D eigenvalue weighted by Gasteiger charge is -2.53. The molecule has 1 N–H and O–H groups in total. The molecule has 4 aromatic heterocycles. The van der Waals surface area contributed by atoms with Crippen molar-refractivity contribution in [3.63, 3.8) is 0 Å². The van der Waals surface area contributed by atoms with Crippen molar-refractivity contribution >= 4 is 32.5 Å². The van der Waals surface area contributed by atoms with E-state index in [0.29, 0.717) is 96.3 Å². The van der Waals surface area contributed by atoms with E-state index in [-0.39, 0.29) is 34.9 Å². The minimum absolute atomic E-state index is 0.0122. The van der Waals surface area contributed by atoms with Gasteiger partial charge in [0.25, 0.3) is 5.91 Å². The van der Waals surface area contributed by atoms with Crippen LogP contribution >= 0.6 is 0 Å². The summed E-state index contributed by atoms with van der Waals surface area (Å²) in [6, 6.07) is 18.2. The summed E-state index contributed by atoms with van der Waals surface area (Å²) in [5.41, 5.74) is 4.09. The number of carbonyl (C=O) groups is 1. The van der Waals surface area contributed by atoms with E-state index in [1.165, 1.54) is 14.4 Å². The van der Waals surface area contributed by atoms with Crippen LogP contribution in [0, 0.1) is 25.6 Å². The minimum Gasteiger partial charge on any atom is -0.376 e. The molecule has 0 radical (unpaired) electrons. The summed E-state index contributed by atoms with van der Waals surface area (Å²) >= 11 is 0. The van der Waals surface area contributed by atoms with Gasteiger partial charge in [-0.3, -0.25) is 27.7 Å². The topological polar surface area (TPSA) is 179 Å². The number of nitrogens with one attached hydrogen (secondary N) is 1. The number of carbonyl (C=O) groups excluding carboxylic acids is 1. The molecule has 17 nitrogen and oxygen atoms in total. The quantitative estimate of drug-likeness (QED) is 0.161. The number of rotatable bonds is 8. The Bertz CT molecular complexity index is 3590. The predicted molar refractivity (Wildman–Crippen MR) is 273 cm³/mol. The number of ether oxygens (including phenoxy) is 1. The summed E-state index contributed by atoms with van der Waals surface area (Å²) in [6.45, 7) is 14.3. The molecule has 7 aromatic rings. The van der Waals surface area contributed by atoms with Gasteiger partial charge in [-0.05, 0) is 163 Å². The minimum atomic E-state index is -3.41. The average molecular weight is 1010 g/mol. The second kappa shape index (κ2) is 16.7. The van der Waals surface area contributed by atoms with Crippen molar-refractivity contribution in [1.29, 1.82) is 0 Å². The Kier molecular flexibility index (Phi) is 10.9. The number of piperidine rings is 1. The number of aromatic amines is 1. The molecule has 4 aliphatic heterocycles. The fraction of sp³-hybridized carbons (Fsp3) is 0.463. The lowest BCUT2D eigenvalue weighted by Crippen LogP contribution is -2.61. The van der Waals surface area contributed by atoms with Crippen molar-refractivity contribution in [2.24, 2.45) is 5.92 Å². The number of amides is 1. The van der Waals surface area contributed by atoms with E-state index in [0.717, 1.165) is 42.5 Å².